The molecule has 16 heavy (non-hydrogen) atoms. The van der Waals surface area contributed by atoms with Crippen LogP contribution in [0, 0.1) is 0 Å². The second-order valence-corrected chi connectivity index (χ2v) is 3.68. The van der Waals surface area contributed by atoms with E-state index in [9.17, 15) is 15.0 Å². The standard InChI is InChI=1S/C12H12O4/c1-2-3-7-4-12(15)16-11-6-10(14)9(13)5-8(7)11/h4-6,13-14H,2-3H2,1H3. The molecule has 0 aliphatic rings. The summed E-state index contributed by atoms with van der Waals surface area (Å²) in [5.74, 6) is -0.497. The number of phenols is 2. The van der Waals surface area contributed by atoms with Crippen LogP contribution in [-0.4, -0.2) is 10.2 Å². The minimum Gasteiger partial charge on any atom is -0.504 e. The van der Waals surface area contributed by atoms with Gasteiger partial charge in [-0.2, -0.15) is 0 Å². The summed E-state index contributed by atoms with van der Waals surface area (Å²) in [6, 6.07) is 4.09. The number of hydrogen-bond donors (Lipinski definition) is 2. The van der Waals surface area contributed by atoms with Crippen molar-refractivity contribution in [2.75, 3.05) is 0 Å². The van der Waals surface area contributed by atoms with Crippen LogP contribution in [0.4, 0.5) is 0 Å². The van der Waals surface area contributed by atoms with Crippen LogP contribution in [0.25, 0.3) is 11.0 Å². The van der Waals surface area contributed by atoms with Crippen molar-refractivity contribution in [3.05, 3.63) is 34.2 Å². The third-order valence-corrected chi connectivity index (χ3v) is 2.44. The number of rotatable bonds is 2. The molecule has 4 nitrogen and oxygen atoms in total. The van der Waals surface area contributed by atoms with Crippen LogP contribution in [0.15, 0.2) is 27.4 Å². The smallest absolute Gasteiger partial charge is 0.336 e. The van der Waals surface area contributed by atoms with Gasteiger partial charge in [0.25, 0.3) is 0 Å². The lowest BCUT2D eigenvalue weighted by molar-refractivity contribution is 0.403. The molecule has 1 aromatic carbocycles. The third kappa shape index (κ3) is 1.74. The first-order valence-electron chi connectivity index (χ1n) is 5.10. The van der Waals surface area contributed by atoms with Crippen LogP contribution in [0.2, 0.25) is 0 Å². The number of hydrogen-bond acceptors (Lipinski definition) is 4. The number of phenolic OH excluding ortho intramolecular Hbond substituents is 2. The Morgan fingerprint density at radius 2 is 1.88 bits per heavy atom. The lowest BCUT2D eigenvalue weighted by Gasteiger charge is -2.05. The molecule has 1 aromatic heterocycles. The Balaban J connectivity index is 2.79. The first-order chi connectivity index (χ1) is 7.61. The van der Waals surface area contributed by atoms with E-state index in [1.165, 1.54) is 18.2 Å². The Bertz CT molecular complexity index is 583. The van der Waals surface area contributed by atoms with Crippen molar-refractivity contribution in [3.63, 3.8) is 0 Å². The van der Waals surface area contributed by atoms with Crippen molar-refractivity contribution in [1.29, 1.82) is 0 Å². The highest BCUT2D eigenvalue weighted by Crippen LogP contribution is 2.31. The third-order valence-electron chi connectivity index (χ3n) is 2.44. The number of fused-ring (bicyclic) bond motifs is 1. The topological polar surface area (TPSA) is 70.7 Å². The second kappa shape index (κ2) is 3.89. The van der Waals surface area contributed by atoms with Gasteiger partial charge in [0, 0.05) is 17.5 Å². The van der Waals surface area contributed by atoms with Crippen LogP contribution in [0.5, 0.6) is 11.5 Å². The summed E-state index contributed by atoms with van der Waals surface area (Å²) in [6.07, 6.45) is 1.62. The molecular formula is C12H12O4. The summed E-state index contributed by atoms with van der Waals surface area (Å²) in [5.41, 5.74) is 0.677. The van der Waals surface area contributed by atoms with E-state index in [-0.39, 0.29) is 11.5 Å². The second-order valence-electron chi connectivity index (χ2n) is 3.68. The normalized spacial score (nSPS) is 10.8. The van der Waals surface area contributed by atoms with Gasteiger partial charge in [-0.05, 0) is 18.1 Å². The Morgan fingerprint density at radius 1 is 1.19 bits per heavy atom. The Morgan fingerprint density at radius 3 is 2.56 bits per heavy atom. The van der Waals surface area contributed by atoms with Gasteiger partial charge in [0.1, 0.15) is 5.58 Å². The molecule has 0 radical (unpaired) electrons. The maximum Gasteiger partial charge on any atom is 0.336 e. The van der Waals surface area contributed by atoms with Crippen LogP contribution >= 0.6 is 0 Å². The van der Waals surface area contributed by atoms with Gasteiger partial charge in [-0.25, -0.2) is 4.79 Å². The molecule has 0 spiro atoms. The average molecular weight is 220 g/mol. The monoisotopic (exact) mass is 220 g/mol. The highest BCUT2D eigenvalue weighted by molar-refractivity contribution is 5.83. The van der Waals surface area contributed by atoms with Gasteiger partial charge in [0.05, 0.1) is 0 Å². The lowest BCUT2D eigenvalue weighted by Crippen LogP contribution is -2.00. The molecule has 0 saturated carbocycles. The summed E-state index contributed by atoms with van der Waals surface area (Å²) in [5, 5.41) is 19.4. The quantitative estimate of drug-likeness (QED) is 0.601. The van der Waals surface area contributed by atoms with Gasteiger partial charge in [-0.15, -0.1) is 0 Å². The zero-order valence-electron chi connectivity index (χ0n) is 8.86. The molecule has 0 saturated heterocycles. The van der Waals surface area contributed by atoms with Crippen LogP contribution < -0.4 is 5.63 Å². The molecule has 0 unspecified atom stereocenters. The van der Waals surface area contributed by atoms with Gasteiger partial charge in [-0.3, -0.25) is 0 Å². The van der Waals surface area contributed by atoms with Crippen LogP contribution in [0.3, 0.4) is 0 Å². The summed E-state index contributed by atoms with van der Waals surface area (Å²) in [6.45, 7) is 2.00. The SMILES string of the molecule is CCCc1cc(=O)oc2cc(O)c(O)cc12. The van der Waals surface area contributed by atoms with Crippen LogP contribution in [0.1, 0.15) is 18.9 Å². The van der Waals surface area contributed by atoms with Gasteiger partial charge in [0.2, 0.25) is 0 Å². The summed E-state index contributed by atoms with van der Waals surface area (Å²) in [4.78, 5) is 11.3. The largest absolute Gasteiger partial charge is 0.504 e. The molecule has 2 aromatic rings. The number of aromatic hydroxyl groups is 2. The molecule has 0 bridgehead atoms. The minimum atomic E-state index is -0.443. The summed E-state index contributed by atoms with van der Waals surface area (Å²) in [7, 11) is 0. The molecule has 0 aliphatic heterocycles. The lowest BCUT2D eigenvalue weighted by atomic mass is 10.1. The molecule has 0 atom stereocenters. The minimum absolute atomic E-state index is 0.210. The van der Waals surface area contributed by atoms with E-state index in [0.29, 0.717) is 11.0 Å². The van der Waals surface area contributed by atoms with E-state index in [2.05, 4.69) is 0 Å². The zero-order valence-corrected chi connectivity index (χ0v) is 8.86. The Labute approximate surface area is 91.8 Å². The molecule has 84 valence electrons. The van der Waals surface area contributed by atoms with E-state index in [1.807, 2.05) is 6.92 Å². The fourth-order valence-electron chi connectivity index (χ4n) is 1.73. The highest BCUT2D eigenvalue weighted by Gasteiger charge is 2.09. The van der Waals surface area contributed by atoms with E-state index in [0.717, 1.165) is 18.4 Å². The van der Waals surface area contributed by atoms with Gasteiger partial charge in [-0.1, -0.05) is 13.3 Å². The van der Waals surface area contributed by atoms with Crippen LogP contribution in [-0.2, 0) is 6.42 Å². The van der Waals surface area contributed by atoms with Crippen molar-refractivity contribution in [1.82, 2.24) is 0 Å². The molecule has 1 heterocycles. The molecule has 2 N–H and O–H groups in total. The summed E-state index contributed by atoms with van der Waals surface area (Å²) >= 11 is 0. The first-order valence-corrected chi connectivity index (χ1v) is 5.10. The fraction of sp³-hybridized carbons (Fsp3) is 0.250. The predicted molar refractivity (Wildman–Crippen MR) is 59.8 cm³/mol. The molecule has 2 rings (SSSR count). The van der Waals surface area contributed by atoms with Gasteiger partial charge >= 0.3 is 5.63 Å². The molecule has 0 fully saturated rings. The van der Waals surface area contributed by atoms with Gasteiger partial charge < -0.3 is 14.6 Å². The van der Waals surface area contributed by atoms with E-state index in [4.69, 9.17) is 4.42 Å². The maximum absolute atomic E-state index is 11.3. The van der Waals surface area contributed by atoms with E-state index < -0.39 is 5.63 Å². The zero-order chi connectivity index (χ0) is 11.7. The van der Waals surface area contributed by atoms with Crippen molar-refractivity contribution in [3.8, 4) is 11.5 Å². The van der Waals surface area contributed by atoms with Crippen molar-refractivity contribution >= 4 is 11.0 Å². The molecule has 4 heteroatoms. The van der Waals surface area contributed by atoms with E-state index in [1.54, 1.807) is 0 Å². The van der Waals surface area contributed by atoms with Crippen molar-refractivity contribution < 1.29 is 14.6 Å². The fourth-order valence-corrected chi connectivity index (χ4v) is 1.73. The summed E-state index contributed by atoms with van der Waals surface area (Å²) < 4.78 is 4.96. The Hall–Kier alpha value is -1.97. The average Bonchev–Trinajstić information content (AvgIpc) is 2.21. The maximum atomic E-state index is 11.3. The van der Waals surface area contributed by atoms with Gasteiger partial charge in [0.15, 0.2) is 11.5 Å². The first kappa shape index (κ1) is 10.5. The number of aryl methyl sites for hydroxylation is 1. The Kier molecular flexibility index (Phi) is 2.56. The van der Waals surface area contributed by atoms with E-state index >= 15 is 0 Å². The van der Waals surface area contributed by atoms with Crippen molar-refractivity contribution in [2.24, 2.45) is 0 Å². The molecule has 0 aliphatic carbocycles. The molecular weight excluding hydrogens is 208 g/mol. The number of benzene rings is 1. The van der Waals surface area contributed by atoms with Crippen molar-refractivity contribution in [2.45, 2.75) is 19.8 Å². The highest BCUT2D eigenvalue weighted by atomic mass is 16.4. The molecule has 0 amide bonds. The predicted octanol–water partition coefficient (Wildman–Crippen LogP) is 2.16.